The second kappa shape index (κ2) is 12.9. The molecule has 2 rings (SSSR count). The molecule has 31 heavy (non-hydrogen) atoms. The molecule has 0 heterocycles. The van der Waals surface area contributed by atoms with E-state index in [-0.39, 0.29) is 19.0 Å². The fraction of sp³-hybridized carbons (Fsp3) is 0.318. The summed E-state index contributed by atoms with van der Waals surface area (Å²) in [5, 5.41) is 40.1. The van der Waals surface area contributed by atoms with Crippen molar-refractivity contribution >= 4 is 23.5 Å². The number of nitrogen functional groups attached to an aromatic ring is 1. The van der Waals surface area contributed by atoms with Crippen molar-refractivity contribution in [2.45, 2.75) is 32.7 Å². The molecule has 5 N–H and O–H groups in total. The predicted octanol–water partition coefficient (Wildman–Crippen LogP) is -0.0464. The summed E-state index contributed by atoms with van der Waals surface area (Å²) in [6.45, 7) is 2.90. The van der Waals surface area contributed by atoms with Crippen molar-refractivity contribution in [1.29, 1.82) is 5.41 Å². The molecule has 0 spiro atoms. The third-order valence-corrected chi connectivity index (χ3v) is 4.02. The van der Waals surface area contributed by atoms with Gasteiger partial charge >= 0.3 is 0 Å². The topological polar surface area (TPSA) is 172 Å². The third-order valence-electron chi connectivity index (χ3n) is 4.02. The van der Waals surface area contributed by atoms with Crippen LogP contribution in [-0.4, -0.2) is 36.1 Å². The highest BCUT2D eigenvalue weighted by atomic mass is 16.5. The van der Waals surface area contributed by atoms with Crippen LogP contribution >= 0.6 is 0 Å². The monoisotopic (exact) mass is 429 g/mol. The van der Waals surface area contributed by atoms with E-state index in [9.17, 15) is 9.90 Å². The number of hydrogen-bond acceptors (Lipinski definition) is 8. The largest absolute Gasteiger partial charge is 0.550 e. The number of anilines is 1. The number of benzene rings is 2. The van der Waals surface area contributed by atoms with Gasteiger partial charge in [0, 0.05) is 22.8 Å². The Hall–Kier alpha value is -3.59. The van der Waals surface area contributed by atoms with Crippen LogP contribution in [0.25, 0.3) is 0 Å². The molecule has 2 aromatic carbocycles. The van der Waals surface area contributed by atoms with Crippen molar-refractivity contribution < 1.29 is 29.6 Å². The zero-order valence-corrected chi connectivity index (χ0v) is 17.5. The van der Waals surface area contributed by atoms with Crippen LogP contribution in [0.1, 0.15) is 43.0 Å². The lowest BCUT2D eigenvalue weighted by Crippen LogP contribution is -2.34. The van der Waals surface area contributed by atoms with Crippen molar-refractivity contribution in [3.8, 4) is 5.75 Å². The van der Waals surface area contributed by atoms with Gasteiger partial charge in [-0.05, 0) is 55.3 Å². The van der Waals surface area contributed by atoms with Crippen LogP contribution in [0, 0.1) is 5.41 Å². The number of ether oxygens (including phenoxy) is 1. The zero-order chi connectivity index (χ0) is 23.4. The molecule has 0 radical (unpaired) electrons. The van der Waals surface area contributed by atoms with Gasteiger partial charge in [-0.2, -0.15) is 0 Å². The Kier molecular flexibility index (Phi) is 10.6. The van der Waals surface area contributed by atoms with E-state index in [4.69, 9.17) is 30.9 Å². The Balaban J connectivity index is 0.00000110. The number of aliphatic hydroxyl groups is 1. The minimum Gasteiger partial charge on any atom is -0.550 e. The standard InChI is InChI=1S/C20H25N3O4.C2H4O2/c1-2-3-13-4-9-17(27-11-10-24)16(12-13)18(20(25)26)23-15-7-5-14(6-8-15)19(21)22;1-2(3)4/h4-9,12,18,23-24H,2-3,10-11H2,1H3,(H3,21,22)(H,25,26);1H3,(H,3,4)/p-2. The molecule has 1 unspecified atom stereocenters. The molecule has 9 nitrogen and oxygen atoms in total. The van der Waals surface area contributed by atoms with E-state index in [0.29, 0.717) is 22.6 Å². The number of aliphatic hydroxyl groups excluding tert-OH is 1. The third kappa shape index (κ3) is 8.75. The molecule has 0 saturated heterocycles. The number of rotatable bonds is 10. The molecule has 9 heteroatoms. The van der Waals surface area contributed by atoms with Gasteiger partial charge in [0.1, 0.15) is 18.2 Å². The van der Waals surface area contributed by atoms with Crippen LogP contribution < -0.4 is 26.0 Å². The summed E-state index contributed by atoms with van der Waals surface area (Å²) < 4.78 is 5.51. The van der Waals surface area contributed by atoms with Crippen molar-refractivity contribution in [1.82, 2.24) is 0 Å². The van der Waals surface area contributed by atoms with Crippen molar-refractivity contribution in [2.75, 3.05) is 18.5 Å². The van der Waals surface area contributed by atoms with Crippen LogP contribution in [0.5, 0.6) is 5.75 Å². The van der Waals surface area contributed by atoms with E-state index < -0.39 is 18.0 Å². The van der Waals surface area contributed by atoms with E-state index in [0.717, 1.165) is 25.3 Å². The van der Waals surface area contributed by atoms with Gasteiger partial charge in [-0.1, -0.05) is 19.4 Å². The molecule has 0 aliphatic heterocycles. The number of hydrogen-bond donors (Lipinski definition) is 4. The van der Waals surface area contributed by atoms with Gasteiger partial charge < -0.3 is 40.7 Å². The molecular formula is C22H27N3O6-2. The average molecular weight is 429 g/mol. The first-order chi connectivity index (χ1) is 14.7. The summed E-state index contributed by atoms with van der Waals surface area (Å²) in [7, 11) is 0. The number of carbonyl (C=O) groups excluding carboxylic acids is 2. The van der Waals surface area contributed by atoms with Crippen LogP contribution in [0.3, 0.4) is 0 Å². The molecule has 0 amide bonds. The Bertz CT molecular complexity index is 879. The quantitative estimate of drug-likeness (QED) is 0.301. The zero-order valence-electron chi connectivity index (χ0n) is 17.5. The highest BCUT2D eigenvalue weighted by Crippen LogP contribution is 2.30. The Labute approximate surface area is 181 Å². The summed E-state index contributed by atoms with van der Waals surface area (Å²) >= 11 is 0. The highest BCUT2D eigenvalue weighted by molar-refractivity contribution is 5.95. The lowest BCUT2D eigenvalue weighted by molar-refractivity contribution is -0.307. The summed E-state index contributed by atoms with van der Waals surface area (Å²) in [6, 6.07) is 10.8. The molecule has 0 aliphatic rings. The molecule has 2 aromatic rings. The molecule has 168 valence electrons. The number of carboxylic acid groups (broad SMARTS) is 2. The van der Waals surface area contributed by atoms with Crippen LogP contribution in [-0.2, 0) is 16.0 Å². The fourth-order valence-electron chi connectivity index (χ4n) is 2.73. The lowest BCUT2D eigenvalue weighted by Gasteiger charge is -2.24. The number of amidine groups is 1. The maximum atomic E-state index is 11.8. The SMILES string of the molecule is CC(=O)[O-].CCCc1ccc(OCCO)c(C(Nc2ccc(C(=N)N)cc2)C(=O)[O-])c1. The van der Waals surface area contributed by atoms with E-state index in [1.807, 2.05) is 13.0 Å². The second-order valence-electron chi connectivity index (χ2n) is 6.57. The molecule has 1 atom stereocenters. The Morgan fingerprint density at radius 3 is 2.29 bits per heavy atom. The summed E-state index contributed by atoms with van der Waals surface area (Å²) in [5.41, 5.74) is 7.95. The van der Waals surface area contributed by atoms with E-state index in [2.05, 4.69) is 5.32 Å². The van der Waals surface area contributed by atoms with Crippen molar-refractivity contribution in [3.63, 3.8) is 0 Å². The minimum absolute atomic E-state index is 0.0627. The van der Waals surface area contributed by atoms with Crippen LogP contribution in [0.15, 0.2) is 42.5 Å². The molecule has 0 bridgehead atoms. The highest BCUT2D eigenvalue weighted by Gasteiger charge is 2.19. The van der Waals surface area contributed by atoms with Gasteiger partial charge in [0.15, 0.2) is 0 Å². The van der Waals surface area contributed by atoms with Crippen LogP contribution in [0.4, 0.5) is 5.69 Å². The van der Waals surface area contributed by atoms with E-state index >= 15 is 0 Å². The summed E-state index contributed by atoms with van der Waals surface area (Å²) in [6.07, 6.45) is 1.73. The molecule has 0 saturated carbocycles. The second-order valence-corrected chi connectivity index (χ2v) is 6.57. The number of nitrogens with two attached hydrogens (primary N) is 1. The number of aliphatic carboxylic acids is 2. The first-order valence-corrected chi connectivity index (χ1v) is 9.65. The van der Waals surface area contributed by atoms with Gasteiger partial charge in [-0.25, -0.2) is 0 Å². The first-order valence-electron chi connectivity index (χ1n) is 9.65. The van der Waals surface area contributed by atoms with Crippen molar-refractivity contribution in [2.24, 2.45) is 5.73 Å². The minimum atomic E-state index is -1.30. The summed E-state index contributed by atoms with van der Waals surface area (Å²) in [5.74, 6) is -2.07. The summed E-state index contributed by atoms with van der Waals surface area (Å²) in [4.78, 5) is 20.7. The van der Waals surface area contributed by atoms with Gasteiger partial charge in [0.05, 0.1) is 18.6 Å². The van der Waals surface area contributed by atoms with E-state index in [1.165, 1.54) is 0 Å². The maximum Gasteiger partial charge on any atom is 0.125 e. The fourth-order valence-corrected chi connectivity index (χ4v) is 2.73. The average Bonchev–Trinajstić information content (AvgIpc) is 2.71. The van der Waals surface area contributed by atoms with Gasteiger partial charge in [0.2, 0.25) is 0 Å². The Morgan fingerprint density at radius 1 is 1.19 bits per heavy atom. The normalized spacial score (nSPS) is 10.9. The molecule has 0 aliphatic carbocycles. The predicted molar refractivity (Wildman–Crippen MR) is 113 cm³/mol. The molecule has 0 fully saturated rings. The first kappa shape index (κ1) is 25.4. The van der Waals surface area contributed by atoms with Crippen LogP contribution in [0.2, 0.25) is 0 Å². The Morgan fingerprint density at radius 2 is 1.81 bits per heavy atom. The molecule has 0 aromatic heterocycles. The van der Waals surface area contributed by atoms with Crippen molar-refractivity contribution in [3.05, 3.63) is 59.2 Å². The van der Waals surface area contributed by atoms with E-state index in [1.54, 1.807) is 36.4 Å². The smallest absolute Gasteiger partial charge is 0.125 e. The number of carbonyl (C=O) groups is 2. The molecular weight excluding hydrogens is 402 g/mol. The number of carboxylic acids is 2. The van der Waals surface area contributed by atoms with Gasteiger partial charge in [-0.15, -0.1) is 0 Å². The van der Waals surface area contributed by atoms with Gasteiger partial charge in [0.25, 0.3) is 0 Å². The maximum absolute atomic E-state index is 11.8. The lowest BCUT2D eigenvalue weighted by atomic mass is 10.00. The van der Waals surface area contributed by atoms with Gasteiger partial charge in [-0.3, -0.25) is 5.41 Å². The number of nitrogens with one attached hydrogen (secondary N) is 2. The number of aryl methyl sites for hydroxylation is 1.